The first-order valence-corrected chi connectivity index (χ1v) is 21.7. The van der Waals surface area contributed by atoms with Crippen LogP contribution in [-0.2, 0) is 19.1 Å². The number of hydrogen-bond acceptors (Lipinski definition) is 6. The highest BCUT2D eigenvalue weighted by Crippen LogP contribution is 2.19. The van der Waals surface area contributed by atoms with E-state index in [0.29, 0.717) is 25.5 Å². The summed E-state index contributed by atoms with van der Waals surface area (Å²) in [5, 5.41) is 9.64. The highest BCUT2D eigenvalue weighted by atomic mass is 16.5. The van der Waals surface area contributed by atoms with Gasteiger partial charge >= 0.3 is 11.9 Å². The summed E-state index contributed by atoms with van der Waals surface area (Å²) in [7, 11) is 0. The van der Waals surface area contributed by atoms with E-state index in [-0.39, 0.29) is 24.6 Å². The molecule has 0 bridgehead atoms. The van der Waals surface area contributed by atoms with Crippen LogP contribution >= 0.6 is 0 Å². The summed E-state index contributed by atoms with van der Waals surface area (Å²) < 4.78 is 11.4. The van der Waals surface area contributed by atoms with Gasteiger partial charge in [0.05, 0.1) is 13.2 Å². The quantitative estimate of drug-likeness (QED) is 0.0509. The largest absolute Gasteiger partial charge is 0.466 e. The lowest BCUT2D eigenvalue weighted by Gasteiger charge is -2.28. The number of ether oxygens (including phenoxy) is 2. The topological polar surface area (TPSA) is 76.1 Å². The van der Waals surface area contributed by atoms with Crippen molar-refractivity contribution >= 4 is 11.9 Å². The zero-order valence-electron chi connectivity index (χ0n) is 33.4. The van der Waals surface area contributed by atoms with Crippen molar-refractivity contribution in [1.82, 2.24) is 4.90 Å². The van der Waals surface area contributed by atoms with Crippen LogP contribution in [0.25, 0.3) is 0 Å². The number of carbonyl (C=O) groups excluding carboxylic acids is 2. The molecule has 0 radical (unpaired) electrons. The van der Waals surface area contributed by atoms with Crippen molar-refractivity contribution in [1.29, 1.82) is 0 Å². The van der Waals surface area contributed by atoms with E-state index in [1.54, 1.807) is 0 Å². The predicted octanol–water partition coefficient (Wildman–Crippen LogP) is 12.3. The maximum absolute atomic E-state index is 12.7. The van der Waals surface area contributed by atoms with Gasteiger partial charge in [0.25, 0.3) is 0 Å². The Morgan fingerprint density at radius 1 is 0.510 bits per heavy atom. The molecule has 0 spiro atoms. The smallest absolute Gasteiger partial charge is 0.306 e. The Morgan fingerprint density at radius 3 is 1.47 bits per heavy atom. The lowest BCUT2D eigenvalue weighted by atomic mass is 10.0. The zero-order valence-corrected chi connectivity index (χ0v) is 33.4. The minimum absolute atomic E-state index is 0.0116. The van der Waals surface area contributed by atoms with Crippen LogP contribution in [0.2, 0.25) is 0 Å². The van der Waals surface area contributed by atoms with E-state index < -0.39 is 0 Å². The van der Waals surface area contributed by atoms with Gasteiger partial charge in [-0.1, -0.05) is 149 Å². The normalized spacial score (nSPS) is 12.2. The van der Waals surface area contributed by atoms with Crippen LogP contribution in [0.15, 0.2) is 0 Å². The van der Waals surface area contributed by atoms with Crippen LogP contribution in [-0.4, -0.2) is 60.4 Å². The van der Waals surface area contributed by atoms with Gasteiger partial charge in [0.1, 0.15) is 6.10 Å². The third kappa shape index (κ3) is 33.7. The summed E-state index contributed by atoms with van der Waals surface area (Å²) in [6.07, 6.45) is 35.4. The Morgan fingerprint density at radius 2 is 0.939 bits per heavy atom. The van der Waals surface area contributed by atoms with Crippen LogP contribution in [0, 0.1) is 0 Å². The van der Waals surface area contributed by atoms with Crippen molar-refractivity contribution in [3.05, 3.63) is 0 Å². The van der Waals surface area contributed by atoms with E-state index in [1.165, 1.54) is 96.3 Å². The van der Waals surface area contributed by atoms with Gasteiger partial charge in [-0.15, -0.1) is 0 Å². The number of hydrogen-bond donors (Lipinski definition) is 1. The van der Waals surface area contributed by atoms with Crippen molar-refractivity contribution in [3.8, 4) is 0 Å². The number of aliphatic hydroxyl groups is 1. The first-order valence-electron chi connectivity index (χ1n) is 21.7. The molecule has 49 heavy (non-hydrogen) atoms. The van der Waals surface area contributed by atoms with E-state index >= 15 is 0 Å². The lowest BCUT2D eigenvalue weighted by molar-refractivity contribution is -0.150. The molecule has 0 aromatic rings. The number of rotatable bonds is 39. The Labute approximate surface area is 305 Å². The highest BCUT2D eigenvalue weighted by Gasteiger charge is 2.15. The van der Waals surface area contributed by atoms with Crippen molar-refractivity contribution in [3.63, 3.8) is 0 Å². The molecule has 0 saturated carbocycles. The maximum atomic E-state index is 12.7. The summed E-state index contributed by atoms with van der Waals surface area (Å²) in [6.45, 7) is 11.5. The molecule has 0 heterocycles. The molecule has 1 unspecified atom stereocenters. The zero-order chi connectivity index (χ0) is 36.0. The van der Waals surface area contributed by atoms with Gasteiger partial charge in [-0.3, -0.25) is 14.5 Å². The van der Waals surface area contributed by atoms with E-state index in [9.17, 15) is 14.7 Å². The van der Waals surface area contributed by atoms with Gasteiger partial charge in [-0.25, -0.2) is 0 Å². The standard InChI is InChI=1S/C43H85NO5/c1-5-8-11-14-17-25-32-41(33-26-18-15-12-9-6-2)49-43(47)35-28-21-20-24-31-40(4)44(37-38-45)36-29-22-16-19-27-34-42(46)48-39-30-23-13-10-7-3/h40-41,45H,5-39H2,1-4H3. The SMILES string of the molecule is CCCCCCCCC(CCCCCCCC)OC(=O)CCCCCCC(C)N(CCO)CCCCCCCC(=O)OCCCCCCC. The van der Waals surface area contributed by atoms with Crippen molar-refractivity contribution < 1.29 is 24.2 Å². The third-order valence-corrected chi connectivity index (χ3v) is 10.2. The number of esters is 2. The van der Waals surface area contributed by atoms with E-state index in [0.717, 1.165) is 103 Å². The molecule has 1 N–H and O–H groups in total. The minimum atomic E-state index is -0.0374. The summed E-state index contributed by atoms with van der Waals surface area (Å²) in [6, 6.07) is 0.457. The van der Waals surface area contributed by atoms with Crippen molar-refractivity contribution in [2.45, 2.75) is 239 Å². The third-order valence-electron chi connectivity index (χ3n) is 10.2. The van der Waals surface area contributed by atoms with Crippen LogP contribution < -0.4 is 0 Å². The fraction of sp³-hybridized carbons (Fsp3) is 0.953. The summed E-state index contributed by atoms with van der Waals surface area (Å²) in [4.78, 5) is 27.1. The van der Waals surface area contributed by atoms with Gasteiger partial charge in [0.2, 0.25) is 0 Å². The molecule has 0 aromatic carbocycles. The summed E-state index contributed by atoms with van der Waals surface area (Å²) in [5.74, 6) is -0.0258. The number of nitrogens with zero attached hydrogens (tertiary/aromatic N) is 1. The molecule has 0 aliphatic rings. The van der Waals surface area contributed by atoms with Crippen LogP contribution in [0.3, 0.4) is 0 Å². The summed E-state index contributed by atoms with van der Waals surface area (Å²) >= 11 is 0. The first kappa shape index (κ1) is 47.9. The molecule has 6 nitrogen and oxygen atoms in total. The van der Waals surface area contributed by atoms with E-state index in [2.05, 4.69) is 32.6 Å². The molecular weight excluding hydrogens is 610 g/mol. The number of unbranched alkanes of at least 4 members (excludes halogenated alkanes) is 21. The maximum Gasteiger partial charge on any atom is 0.306 e. The molecule has 0 aliphatic heterocycles. The minimum Gasteiger partial charge on any atom is -0.466 e. The van der Waals surface area contributed by atoms with Crippen molar-refractivity contribution in [2.24, 2.45) is 0 Å². The second kappa shape index (κ2) is 38.1. The van der Waals surface area contributed by atoms with Gasteiger partial charge in [0, 0.05) is 25.4 Å². The van der Waals surface area contributed by atoms with Gasteiger partial charge in [0.15, 0.2) is 0 Å². The average molecular weight is 696 g/mol. The molecule has 1 atom stereocenters. The average Bonchev–Trinajstić information content (AvgIpc) is 3.09. The van der Waals surface area contributed by atoms with Crippen LogP contribution in [0.1, 0.15) is 227 Å². The van der Waals surface area contributed by atoms with Gasteiger partial charge < -0.3 is 14.6 Å². The Balaban J connectivity index is 4.10. The Hall–Kier alpha value is -1.14. The van der Waals surface area contributed by atoms with Gasteiger partial charge in [-0.2, -0.15) is 0 Å². The van der Waals surface area contributed by atoms with E-state index in [1.807, 2.05) is 0 Å². The molecule has 0 saturated heterocycles. The second-order valence-electron chi connectivity index (χ2n) is 14.9. The predicted molar refractivity (Wildman–Crippen MR) is 209 cm³/mol. The van der Waals surface area contributed by atoms with Crippen LogP contribution in [0.5, 0.6) is 0 Å². The number of aliphatic hydroxyl groups excluding tert-OH is 1. The monoisotopic (exact) mass is 696 g/mol. The molecule has 0 aromatic heterocycles. The fourth-order valence-electron chi connectivity index (χ4n) is 6.82. The molecule has 0 rings (SSSR count). The van der Waals surface area contributed by atoms with Crippen molar-refractivity contribution in [2.75, 3.05) is 26.3 Å². The Bertz CT molecular complexity index is 686. The highest BCUT2D eigenvalue weighted by molar-refractivity contribution is 5.69. The first-order chi connectivity index (χ1) is 24.0. The molecule has 6 heteroatoms. The molecule has 0 amide bonds. The van der Waals surface area contributed by atoms with Crippen LogP contribution in [0.4, 0.5) is 0 Å². The molecular formula is C43H85NO5. The second-order valence-corrected chi connectivity index (χ2v) is 14.9. The molecule has 292 valence electrons. The molecule has 0 fully saturated rings. The lowest BCUT2D eigenvalue weighted by Crippen LogP contribution is -2.36. The van der Waals surface area contributed by atoms with Gasteiger partial charge in [-0.05, 0) is 71.3 Å². The summed E-state index contributed by atoms with van der Waals surface area (Å²) in [5.41, 5.74) is 0. The number of carbonyl (C=O) groups is 2. The fourth-order valence-corrected chi connectivity index (χ4v) is 6.82. The Kier molecular flexibility index (Phi) is 37.2. The van der Waals surface area contributed by atoms with E-state index in [4.69, 9.17) is 9.47 Å². The molecule has 0 aliphatic carbocycles.